The summed E-state index contributed by atoms with van der Waals surface area (Å²) in [5.74, 6) is 0.859. The molecule has 1 aliphatic rings. The number of nitrogens with zero attached hydrogens (tertiary/aromatic N) is 2. The summed E-state index contributed by atoms with van der Waals surface area (Å²) in [4.78, 5) is 7.26. The average molecular weight is 264 g/mol. The maximum absolute atomic E-state index is 5.66. The first-order valence-corrected chi connectivity index (χ1v) is 6.69. The van der Waals surface area contributed by atoms with Gasteiger partial charge in [0.1, 0.15) is 10.8 Å². The predicted molar refractivity (Wildman–Crippen MR) is 79.0 cm³/mol. The molecule has 1 atom stereocenters. The lowest BCUT2D eigenvalue weighted by molar-refractivity contribution is 0.322. The fraction of sp³-hybridized carbons (Fsp3) is 0.538. The summed E-state index contributed by atoms with van der Waals surface area (Å²) in [6.45, 7) is 4.06. The van der Waals surface area contributed by atoms with Gasteiger partial charge in [-0.3, -0.25) is 0 Å². The van der Waals surface area contributed by atoms with Crippen molar-refractivity contribution >= 4 is 23.0 Å². The van der Waals surface area contributed by atoms with Gasteiger partial charge in [-0.05, 0) is 45.5 Å². The first-order chi connectivity index (χ1) is 8.56. The van der Waals surface area contributed by atoms with E-state index in [0.29, 0.717) is 11.0 Å². The van der Waals surface area contributed by atoms with E-state index in [1.165, 1.54) is 19.4 Å². The molecule has 0 saturated carbocycles. The minimum atomic E-state index is 0.418. The first-order valence-electron chi connectivity index (χ1n) is 6.29. The molecular formula is C13H20N4S. The zero-order valence-electron chi connectivity index (χ0n) is 10.9. The van der Waals surface area contributed by atoms with Gasteiger partial charge in [-0.2, -0.15) is 0 Å². The molecule has 1 aromatic rings. The van der Waals surface area contributed by atoms with E-state index in [4.69, 9.17) is 18.0 Å². The van der Waals surface area contributed by atoms with Crippen LogP contribution in [0.2, 0.25) is 0 Å². The second-order valence-electron chi connectivity index (χ2n) is 4.90. The predicted octanol–water partition coefficient (Wildman–Crippen LogP) is 1.53. The molecule has 0 amide bonds. The average Bonchev–Trinajstić information content (AvgIpc) is 2.71. The van der Waals surface area contributed by atoms with Crippen LogP contribution in [-0.2, 0) is 0 Å². The van der Waals surface area contributed by atoms with Gasteiger partial charge in [-0.25, -0.2) is 4.98 Å². The van der Waals surface area contributed by atoms with E-state index in [1.807, 2.05) is 19.1 Å². The lowest BCUT2D eigenvalue weighted by Gasteiger charge is -2.20. The molecule has 1 saturated heterocycles. The number of pyridine rings is 1. The Bertz CT molecular complexity index is 447. The molecular weight excluding hydrogens is 244 g/mol. The van der Waals surface area contributed by atoms with Gasteiger partial charge < -0.3 is 16.0 Å². The number of hydrogen-bond donors (Lipinski definition) is 2. The van der Waals surface area contributed by atoms with Crippen LogP contribution in [0.4, 0.5) is 5.82 Å². The highest BCUT2D eigenvalue weighted by Gasteiger charge is 2.20. The third kappa shape index (κ3) is 3.17. The topological polar surface area (TPSA) is 54.2 Å². The molecule has 1 aliphatic heterocycles. The van der Waals surface area contributed by atoms with Crippen molar-refractivity contribution in [3.8, 4) is 0 Å². The third-order valence-electron chi connectivity index (χ3n) is 3.43. The van der Waals surface area contributed by atoms with Crippen molar-refractivity contribution < 1.29 is 0 Å². The van der Waals surface area contributed by atoms with Crippen LogP contribution in [0, 0.1) is 6.92 Å². The van der Waals surface area contributed by atoms with Gasteiger partial charge in [0.15, 0.2) is 0 Å². The highest BCUT2D eigenvalue weighted by atomic mass is 32.1. The molecule has 1 fully saturated rings. The monoisotopic (exact) mass is 264 g/mol. The molecule has 0 bridgehead atoms. The Kier molecular flexibility index (Phi) is 4.14. The number of hydrogen-bond acceptors (Lipinski definition) is 4. The summed E-state index contributed by atoms with van der Waals surface area (Å²) in [5.41, 5.74) is 7.47. The van der Waals surface area contributed by atoms with Gasteiger partial charge in [0.05, 0.1) is 0 Å². The van der Waals surface area contributed by atoms with E-state index in [-0.39, 0.29) is 0 Å². The summed E-state index contributed by atoms with van der Waals surface area (Å²) < 4.78 is 0. The van der Waals surface area contributed by atoms with E-state index in [2.05, 4.69) is 22.2 Å². The second-order valence-corrected chi connectivity index (χ2v) is 5.34. The van der Waals surface area contributed by atoms with E-state index in [9.17, 15) is 0 Å². The quantitative estimate of drug-likeness (QED) is 0.808. The Morgan fingerprint density at radius 3 is 3.00 bits per heavy atom. The smallest absolute Gasteiger partial charge is 0.126 e. The van der Waals surface area contributed by atoms with Gasteiger partial charge in [-0.15, -0.1) is 0 Å². The molecule has 18 heavy (non-hydrogen) atoms. The van der Waals surface area contributed by atoms with Crippen LogP contribution in [0.15, 0.2) is 12.1 Å². The van der Waals surface area contributed by atoms with E-state index >= 15 is 0 Å². The van der Waals surface area contributed by atoms with Crippen LogP contribution in [-0.4, -0.2) is 41.1 Å². The van der Waals surface area contributed by atoms with Crippen molar-refractivity contribution in [1.29, 1.82) is 0 Å². The number of aromatic nitrogens is 1. The summed E-state index contributed by atoms with van der Waals surface area (Å²) in [5, 5.41) is 3.39. The largest absolute Gasteiger partial charge is 0.389 e. The second kappa shape index (κ2) is 5.63. The fourth-order valence-corrected chi connectivity index (χ4v) is 2.48. The lowest BCUT2D eigenvalue weighted by Crippen LogP contribution is -2.31. The van der Waals surface area contributed by atoms with Crippen molar-refractivity contribution in [3.63, 3.8) is 0 Å². The zero-order chi connectivity index (χ0) is 13.1. The molecule has 5 heteroatoms. The maximum Gasteiger partial charge on any atom is 0.126 e. The SMILES string of the molecule is Cc1cc(C(N)=S)cc(NCC2CCCN2C)n1. The number of nitrogens with one attached hydrogen (secondary N) is 1. The number of likely N-dealkylation sites (N-methyl/N-ethyl adjacent to an activating group) is 1. The maximum atomic E-state index is 5.66. The van der Waals surface area contributed by atoms with Crippen LogP contribution >= 0.6 is 12.2 Å². The van der Waals surface area contributed by atoms with Crippen molar-refractivity contribution in [2.45, 2.75) is 25.8 Å². The number of thiocarbonyl (C=S) groups is 1. The van der Waals surface area contributed by atoms with Gasteiger partial charge in [0, 0.05) is 23.8 Å². The van der Waals surface area contributed by atoms with Crippen LogP contribution in [0.3, 0.4) is 0 Å². The summed E-state index contributed by atoms with van der Waals surface area (Å²) in [6.07, 6.45) is 2.53. The molecule has 4 nitrogen and oxygen atoms in total. The molecule has 1 unspecified atom stereocenters. The van der Waals surface area contributed by atoms with E-state index in [1.54, 1.807) is 0 Å². The highest BCUT2D eigenvalue weighted by molar-refractivity contribution is 7.80. The normalized spacial score (nSPS) is 20.0. The Morgan fingerprint density at radius 2 is 2.39 bits per heavy atom. The molecule has 0 spiro atoms. The Hall–Kier alpha value is -1.20. The molecule has 2 rings (SSSR count). The Labute approximate surface area is 114 Å². The van der Waals surface area contributed by atoms with Crippen LogP contribution in [0.5, 0.6) is 0 Å². The molecule has 2 heterocycles. The molecule has 1 aromatic heterocycles. The summed E-state index contributed by atoms with van der Waals surface area (Å²) in [7, 11) is 2.17. The van der Waals surface area contributed by atoms with Crippen LogP contribution in [0.25, 0.3) is 0 Å². The van der Waals surface area contributed by atoms with Gasteiger partial charge >= 0.3 is 0 Å². The lowest BCUT2D eigenvalue weighted by atomic mass is 10.2. The molecule has 0 radical (unpaired) electrons. The van der Waals surface area contributed by atoms with Crippen molar-refractivity contribution in [2.75, 3.05) is 25.5 Å². The fourth-order valence-electron chi connectivity index (χ4n) is 2.36. The third-order valence-corrected chi connectivity index (χ3v) is 3.66. The highest BCUT2D eigenvalue weighted by Crippen LogP contribution is 2.16. The number of rotatable bonds is 4. The molecule has 0 aromatic carbocycles. The summed E-state index contributed by atoms with van der Waals surface area (Å²) >= 11 is 5.01. The number of anilines is 1. The Balaban J connectivity index is 2.02. The van der Waals surface area contributed by atoms with Crippen LogP contribution < -0.4 is 11.1 Å². The van der Waals surface area contributed by atoms with Crippen molar-refractivity contribution in [3.05, 3.63) is 23.4 Å². The minimum Gasteiger partial charge on any atom is -0.389 e. The van der Waals surface area contributed by atoms with Gasteiger partial charge in [0.2, 0.25) is 0 Å². The molecule has 3 N–H and O–H groups in total. The standard InChI is InChI=1S/C13H20N4S/c1-9-6-10(13(14)18)7-12(16-9)15-8-11-4-3-5-17(11)2/h6-7,11H,3-5,8H2,1-2H3,(H2,14,18)(H,15,16). The number of nitrogens with two attached hydrogens (primary N) is 1. The molecule has 98 valence electrons. The van der Waals surface area contributed by atoms with Crippen LogP contribution in [0.1, 0.15) is 24.1 Å². The van der Waals surface area contributed by atoms with Crippen molar-refractivity contribution in [2.24, 2.45) is 5.73 Å². The molecule has 0 aliphatic carbocycles. The first kappa shape index (κ1) is 13.2. The van der Waals surface area contributed by atoms with E-state index < -0.39 is 0 Å². The Morgan fingerprint density at radius 1 is 1.61 bits per heavy atom. The number of aryl methyl sites for hydroxylation is 1. The van der Waals surface area contributed by atoms with Crippen molar-refractivity contribution in [1.82, 2.24) is 9.88 Å². The summed E-state index contributed by atoms with van der Waals surface area (Å²) in [6, 6.07) is 4.43. The zero-order valence-corrected chi connectivity index (χ0v) is 11.8. The van der Waals surface area contributed by atoms with Gasteiger partial charge in [0.25, 0.3) is 0 Å². The van der Waals surface area contributed by atoms with Gasteiger partial charge in [-0.1, -0.05) is 12.2 Å². The van der Waals surface area contributed by atoms with E-state index in [0.717, 1.165) is 23.6 Å². The number of likely N-dealkylation sites (tertiary alicyclic amines) is 1. The minimum absolute atomic E-state index is 0.418.